The molecule has 6 nitrogen and oxygen atoms in total. The number of rotatable bonds is 5. The Kier molecular flexibility index (Phi) is 5.41. The predicted molar refractivity (Wildman–Crippen MR) is 97.9 cm³/mol. The fourth-order valence-corrected chi connectivity index (χ4v) is 2.74. The maximum Gasteiger partial charge on any atom is 0.264 e. The summed E-state index contributed by atoms with van der Waals surface area (Å²) in [6.45, 7) is 7.32. The zero-order valence-electron chi connectivity index (χ0n) is 14.9. The lowest BCUT2D eigenvalue weighted by Gasteiger charge is -2.14. The molecule has 1 aromatic heterocycles. The van der Waals surface area contributed by atoms with Gasteiger partial charge in [-0.3, -0.25) is 14.4 Å². The minimum Gasteiger partial charge on any atom is -0.365 e. The molecule has 0 fully saturated rings. The number of benzene rings is 1. The van der Waals surface area contributed by atoms with Crippen LogP contribution in [0.15, 0.2) is 35.1 Å². The van der Waals surface area contributed by atoms with Crippen LogP contribution in [0.5, 0.6) is 0 Å². The first-order chi connectivity index (χ1) is 11.7. The van der Waals surface area contributed by atoms with Gasteiger partial charge >= 0.3 is 0 Å². The minimum atomic E-state index is -0.790. The third-order valence-electron chi connectivity index (χ3n) is 4.09. The highest BCUT2D eigenvalue weighted by Crippen LogP contribution is 2.18. The largest absolute Gasteiger partial charge is 0.365 e. The van der Waals surface area contributed by atoms with Gasteiger partial charge in [0.2, 0.25) is 5.91 Å². The van der Waals surface area contributed by atoms with Gasteiger partial charge in [-0.25, -0.2) is 0 Å². The van der Waals surface area contributed by atoms with Crippen LogP contribution in [0.1, 0.15) is 46.9 Å². The summed E-state index contributed by atoms with van der Waals surface area (Å²) in [6.07, 6.45) is 0. The molecule has 0 atom stereocenters. The SMILES string of the molecule is Cc1cc(C)n(CC(=O)Nc2cccc(C(C)C)c2)c(=O)c1C(N)=O. The summed E-state index contributed by atoms with van der Waals surface area (Å²) >= 11 is 0. The molecule has 1 aromatic carbocycles. The minimum absolute atomic E-state index is 0.0831. The van der Waals surface area contributed by atoms with E-state index in [2.05, 4.69) is 19.2 Å². The summed E-state index contributed by atoms with van der Waals surface area (Å²) in [4.78, 5) is 36.3. The van der Waals surface area contributed by atoms with Crippen LogP contribution < -0.4 is 16.6 Å². The first-order valence-electron chi connectivity index (χ1n) is 8.11. The summed E-state index contributed by atoms with van der Waals surface area (Å²) in [6, 6.07) is 9.24. The first-order valence-corrected chi connectivity index (χ1v) is 8.11. The van der Waals surface area contributed by atoms with Crippen molar-refractivity contribution in [2.75, 3.05) is 5.32 Å². The van der Waals surface area contributed by atoms with E-state index in [1.165, 1.54) is 4.57 Å². The molecule has 0 aliphatic heterocycles. The highest BCUT2D eigenvalue weighted by molar-refractivity contribution is 5.94. The molecule has 132 valence electrons. The van der Waals surface area contributed by atoms with Crippen LogP contribution >= 0.6 is 0 Å². The Labute approximate surface area is 146 Å². The van der Waals surface area contributed by atoms with Crippen molar-refractivity contribution < 1.29 is 9.59 Å². The topological polar surface area (TPSA) is 94.2 Å². The van der Waals surface area contributed by atoms with Crippen LogP contribution in [0.2, 0.25) is 0 Å². The molecule has 0 saturated carbocycles. The quantitative estimate of drug-likeness (QED) is 0.874. The lowest BCUT2D eigenvalue weighted by atomic mass is 10.0. The standard InChI is InChI=1S/C19H23N3O3/c1-11(2)14-6-5-7-15(9-14)21-16(23)10-22-13(4)8-12(3)17(18(20)24)19(22)25/h5-9,11H,10H2,1-4H3,(H2,20,24)(H,21,23). The number of anilines is 1. The molecule has 2 amide bonds. The number of nitrogens with zero attached hydrogens (tertiary/aromatic N) is 1. The summed E-state index contributed by atoms with van der Waals surface area (Å²) in [7, 11) is 0. The van der Waals surface area contributed by atoms with Crippen molar-refractivity contribution in [3.05, 3.63) is 63.1 Å². The maximum atomic E-state index is 12.5. The van der Waals surface area contributed by atoms with Gasteiger partial charge in [0.1, 0.15) is 12.1 Å². The van der Waals surface area contributed by atoms with Crippen molar-refractivity contribution in [1.82, 2.24) is 4.57 Å². The van der Waals surface area contributed by atoms with Gasteiger partial charge < -0.3 is 15.6 Å². The van der Waals surface area contributed by atoms with Crippen LogP contribution in [-0.2, 0) is 11.3 Å². The van der Waals surface area contributed by atoms with Crippen molar-refractivity contribution in [1.29, 1.82) is 0 Å². The molecule has 1 heterocycles. The van der Waals surface area contributed by atoms with E-state index in [1.807, 2.05) is 18.2 Å². The van der Waals surface area contributed by atoms with Crippen molar-refractivity contribution in [3.8, 4) is 0 Å². The Hall–Kier alpha value is -2.89. The van der Waals surface area contributed by atoms with Crippen LogP contribution in [0.4, 0.5) is 5.69 Å². The second-order valence-electron chi connectivity index (χ2n) is 6.43. The van der Waals surface area contributed by atoms with Crippen LogP contribution in [-0.4, -0.2) is 16.4 Å². The highest BCUT2D eigenvalue weighted by Gasteiger charge is 2.16. The Balaban J connectivity index is 2.27. The third-order valence-corrected chi connectivity index (χ3v) is 4.09. The van der Waals surface area contributed by atoms with Gasteiger partial charge in [-0.15, -0.1) is 0 Å². The second kappa shape index (κ2) is 7.34. The number of carbonyl (C=O) groups excluding carboxylic acids is 2. The van der Waals surface area contributed by atoms with Crippen molar-refractivity contribution in [2.24, 2.45) is 5.73 Å². The monoisotopic (exact) mass is 341 g/mol. The second-order valence-corrected chi connectivity index (χ2v) is 6.43. The molecule has 25 heavy (non-hydrogen) atoms. The van der Waals surface area contributed by atoms with E-state index >= 15 is 0 Å². The number of carbonyl (C=O) groups is 2. The number of aromatic nitrogens is 1. The zero-order valence-corrected chi connectivity index (χ0v) is 14.9. The molecule has 2 rings (SSSR count). The first kappa shape index (κ1) is 18.4. The van der Waals surface area contributed by atoms with Gasteiger partial charge in [-0.1, -0.05) is 26.0 Å². The van der Waals surface area contributed by atoms with Gasteiger partial charge in [-0.2, -0.15) is 0 Å². The maximum absolute atomic E-state index is 12.5. The van der Waals surface area contributed by atoms with Gasteiger partial charge in [-0.05, 0) is 49.1 Å². The average Bonchev–Trinajstić information content (AvgIpc) is 2.51. The fourth-order valence-electron chi connectivity index (χ4n) is 2.74. The summed E-state index contributed by atoms with van der Waals surface area (Å²) in [5.41, 5.74) is 7.54. The molecule has 0 bridgehead atoms. The lowest BCUT2D eigenvalue weighted by molar-refractivity contribution is -0.116. The summed E-state index contributed by atoms with van der Waals surface area (Å²) in [5.74, 6) is -0.788. The van der Waals surface area contributed by atoms with Crippen molar-refractivity contribution in [3.63, 3.8) is 0 Å². The number of pyridine rings is 1. The number of amides is 2. The van der Waals surface area contributed by atoms with E-state index in [0.29, 0.717) is 22.9 Å². The van der Waals surface area contributed by atoms with Crippen LogP contribution in [0.25, 0.3) is 0 Å². The normalized spacial score (nSPS) is 10.8. The van der Waals surface area contributed by atoms with E-state index in [0.717, 1.165) is 5.56 Å². The number of hydrogen-bond donors (Lipinski definition) is 2. The molecule has 0 radical (unpaired) electrons. The molecule has 0 saturated heterocycles. The molecular formula is C19H23N3O3. The van der Waals surface area contributed by atoms with Crippen molar-refractivity contribution in [2.45, 2.75) is 40.2 Å². The molecule has 2 aromatic rings. The number of nitrogens with two attached hydrogens (primary N) is 1. The summed E-state index contributed by atoms with van der Waals surface area (Å²) < 4.78 is 1.26. The van der Waals surface area contributed by atoms with Gasteiger partial charge in [0.05, 0.1) is 0 Å². The van der Waals surface area contributed by atoms with E-state index in [-0.39, 0.29) is 18.0 Å². The van der Waals surface area contributed by atoms with E-state index in [4.69, 9.17) is 5.73 Å². The Morgan fingerprint density at radius 3 is 2.48 bits per heavy atom. The average molecular weight is 341 g/mol. The smallest absolute Gasteiger partial charge is 0.264 e. The lowest BCUT2D eigenvalue weighted by Crippen LogP contribution is -2.35. The zero-order chi connectivity index (χ0) is 18.7. The predicted octanol–water partition coefficient (Wildman–Crippen LogP) is 2.33. The fraction of sp³-hybridized carbons (Fsp3) is 0.316. The molecule has 3 N–H and O–H groups in total. The van der Waals surface area contributed by atoms with E-state index in [1.54, 1.807) is 26.0 Å². The van der Waals surface area contributed by atoms with Gasteiger partial charge in [0, 0.05) is 11.4 Å². The van der Waals surface area contributed by atoms with Crippen LogP contribution in [0, 0.1) is 13.8 Å². The molecule has 0 aliphatic carbocycles. The highest BCUT2D eigenvalue weighted by atomic mass is 16.2. The van der Waals surface area contributed by atoms with Gasteiger partial charge in [0.25, 0.3) is 11.5 Å². The molecule has 0 unspecified atom stereocenters. The van der Waals surface area contributed by atoms with Crippen molar-refractivity contribution >= 4 is 17.5 Å². The van der Waals surface area contributed by atoms with E-state index < -0.39 is 11.5 Å². The number of aryl methyl sites for hydroxylation is 2. The van der Waals surface area contributed by atoms with Crippen LogP contribution in [0.3, 0.4) is 0 Å². The summed E-state index contributed by atoms with van der Waals surface area (Å²) in [5, 5.41) is 2.79. The Morgan fingerprint density at radius 1 is 1.20 bits per heavy atom. The third kappa shape index (κ3) is 4.15. The molecular weight excluding hydrogens is 318 g/mol. The Morgan fingerprint density at radius 2 is 1.88 bits per heavy atom. The number of nitrogens with one attached hydrogen (secondary N) is 1. The van der Waals surface area contributed by atoms with E-state index in [9.17, 15) is 14.4 Å². The van der Waals surface area contributed by atoms with Gasteiger partial charge in [0.15, 0.2) is 0 Å². The Bertz CT molecular complexity index is 882. The number of primary amides is 1. The molecule has 6 heteroatoms. The molecule has 0 aliphatic rings. The number of hydrogen-bond acceptors (Lipinski definition) is 3. The molecule has 0 spiro atoms.